The molecule has 2 aromatic carbocycles. The normalized spacial score (nSPS) is 10.7. The maximum absolute atomic E-state index is 13.7. The topological polar surface area (TPSA) is 38.9 Å². The first-order valence-electron chi connectivity index (χ1n) is 5.91. The van der Waals surface area contributed by atoms with E-state index in [2.05, 4.69) is 4.98 Å². The first-order valence-corrected chi connectivity index (χ1v) is 6.79. The van der Waals surface area contributed by atoms with Crippen LogP contribution in [0.1, 0.15) is 0 Å². The summed E-state index contributed by atoms with van der Waals surface area (Å²) in [5, 5.41) is 2.21. The van der Waals surface area contributed by atoms with Crippen LogP contribution in [-0.4, -0.2) is 4.98 Å². The Kier molecular flexibility index (Phi) is 3.20. The molecule has 3 rings (SSSR count). The van der Waals surface area contributed by atoms with Crippen LogP contribution in [-0.2, 0) is 0 Å². The van der Waals surface area contributed by atoms with Crippen molar-refractivity contribution < 1.29 is 8.78 Å². The fraction of sp³-hybridized carbons (Fsp3) is 0. The lowest BCUT2D eigenvalue weighted by Gasteiger charge is -2.01. The Labute approximate surface area is 118 Å². The van der Waals surface area contributed by atoms with Gasteiger partial charge in [0.05, 0.1) is 5.69 Å². The highest BCUT2D eigenvalue weighted by atomic mass is 32.1. The van der Waals surface area contributed by atoms with E-state index in [-0.39, 0.29) is 5.56 Å². The summed E-state index contributed by atoms with van der Waals surface area (Å²) in [7, 11) is 0. The van der Waals surface area contributed by atoms with Gasteiger partial charge in [0.1, 0.15) is 16.6 Å². The molecular formula is C15H10F2N2S. The first-order chi connectivity index (χ1) is 9.65. The number of thiazole rings is 1. The summed E-state index contributed by atoms with van der Waals surface area (Å²) in [4.78, 5) is 4.35. The number of hydrogen-bond acceptors (Lipinski definition) is 3. The molecule has 0 unspecified atom stereocenters. The van der Waals surface area contributed by atoms with Crippen LogP contribution in [0.2, 0.25) is 0 Å². The van der Waals surface area contributed by atoms with E-state index in [0.29, 0.717) is 16.4 Å². The summed E-state index contributed by atoms with van der Waals surface area (Å²) in [6, 6.07) is 10.6. The third-order valence-electron chi connectivity index (χ3n) is 2.90. The molecule has 3 aromatic rings. The molecular weight excluding hydrogens is 278 g/mol. The molecule has 0 bridgehead atoms. The predicted octanol–water partition coefficient (Wildman–Crippen LogP) is 4.34. The molecule has 0 amide bonds. The highest BCUT2D eigenvalue weighted by Crippen LogP contribution is 2.32. The smallest absolute Gasteiger partial charge is 0.133 e. The van der Waals surface area contributed by atoms with Crippen LogP contribution < -0.4 is 5.73 Å². The average Bonchev–Trinajstić information content (AvgIpc) is 2.91. The Morgan fingerprint density at radius 2 is 1.80 bits per heavy atom. The molecule has 2 nitrogen and oxygen atoms in total. The predicted molar refractivity (Wildman–Crippen MR) is 77.3 cm³/mol. The van der Waals surface area contributed by atoms with Crippen LogP contribution in [0.15, 0.2) is 47.8 Å². The molecule has 100 valence electrons. The van der Waals surface area contributed by atoms with Crippen molar-refractivity contribution in [3.8, 4) is 21.8 Å². The third-order valence-corrected chi connectivity index (χ3v) is 3.78. The Balaban J connectivity index is 2.07. The summed E-state index contributed by atoms with van der Waals surface area (Å²) >= 11 is 1.26. The van der Waals surface area contributed by atoms with Gasteiger partial charge in [0, 0.05) is 22.2 Å². The quantitative estimate of drug-likeness (QED) is 0.712. The Morgan fingerprint density at radius 1 is 1.00 bits per heavy atom. The molecule has 0 aliphatic carbocycles. The van der Waals surface area contributed by atoms with Gasteiger partial charge in [-0.3, -0.25) is 0 Å². The number of halogens is 2. The molecule has 0 saturated carbocycles. The van der Waals surface area contributed by atoms with Crippen molar-refractivity contribution in [2.75, 3.05) is 5.73 Å². The lowest BCUT2D eigenvalue weighted by molar-refractivity contribution is 0.603. The molecule has 20 heavy (non-hydrogen) atoms. The van der Waals surface area contributed by atoms with E-state index in [1.807, 2.05) is 18.2 Å². The molecule has 0 radical (unpaired) electrons. The number of nitrogens with two attached hydrogens (primary N) is 1. The second-order valence-electron chi connectivity index (χ2n) is 4.25. The van der Waals surface area contributed by atoms with Crippen molar-refractivity contribution >= 4 is 17.0 Å². The van der Waals surface area contributed by atoms with Gasteiger partial charge in [-0.15, -0.1) is 11.3 Å². The lowest BCUT2D eigenvalue weighted by Crippen LogP contribution is -1.90. The van der Waals surface area contributed by atoms with E-state index in [1.165, 1.54) is 11.3 Å². The van der Waals surface area contributed by atoms with Gasteiger partial charge >= 0.3 is 0 Å². The number of anilines is 1. The molecule has 0 saturated heterocycles. The van der Waals surface area contributed by atoms with Gasteiger partial charge < -0.3 is 5.73 Å². The zero-order chi connectivity index (χ0) is 14.1. The first kappa shape index (κ1) is 12.7. The molecule has 0 spiro atoms. The van der Waals surface area contributed by atoms with E-state index < -0.39 is 11.6 Å². The fourth-order valence-corrected chi connectivity index (χ4v) is 2.75. The summed E-state index contributed by atoms with van der Waals surface area (Å²) in [5.74, 6) is -0.981. The van der Waals surface area contributed by atoms with E-state index in [1.54, 1.807) is 11.4 Å². The standard InChI is InChI=1S/C15H10F2N2S/c16-9-5-6-12(17)11(7-9)15-19-14(8-20-15)10-3-1-2-4-13(10)18/h1-8H,18H2. The minimum Gasteiger partial charge on any atom is -0.398 e. The van der Waals surface area contributed by atoms with Crippen molar-refractivity contribution in [1.29, 1.82) is 0 Å². The monoisotopic (exact) mass is 288 g/mol. The maximum Gasteiger partial charge on any atom is 0.133 e. The molecule has 2 N–H and O–H groups in total. The number of hydrogen-bond donors (Lipinski definition) is 1. The highest BCUT2D eigenvalue weighted by Gasteiger charge is 2.12. The van der Waals surface area contributed by atoms with Gasteiger partial charge in [-0.05, 0) is 24.3 Å². The second kappa shape index (κ2) is 5.02. The summed E-state index contributed by atoms with van der Waals surface area (Å²) < 4.78 is 26.9. The van der Waals surface area contributed by atoms with E-state index >= 15 is 0 Å². The zero-order valence-corrected chi connectivity index (χ0v) is 11.1. The Morgan fingerprint density at radius 3 is 2.60 bits per heavy atom. The van der Waals surface area contributed by atoms with Crippen molar-refractivity contribution in [3.05, 3.63) is 59.5 Å². The second-order valence-corrected chi connectivity index (χ2v) is 5.11. The molecule has 1 heterocycles. The molecule has 0 atom stereocenters. The average molecular weight is 288 g/mol. The van der Waals surface area contributed by atoms with Gasteiger partial charge in [-0.25, -0.2) is 13.8 Å². The largest absolute Gasteiger partial charge is 0.398 e. The SMILES string of the molecule is Nc1ccccc1-c1csc(-c2cc(F)ccc2F)n1. The van der Waals surface area contributed by atoms with Crippen LogP contribution in [0.5, 0.6) is 0 Å². The van der Waals surface area contributed by atoms with Crippen LogP contribution in [0.25, 0.3) is 21.8 Å². The fourth-order valence-electron chi connectivity index (χ4n) is 1.91. The van der Waals surface area contributed by atoms with Crippen molar-refractivity contribution in [1.82, 2.24) is 4.98 Å². The maximum atomic E-state index is 13.7. The third kappa shape index (κ3) is 2.28. The molecule has 1 aromatic heterocycles. The number of para-hydroxylation sites is 1. The highest BCUT2D eigenvalue weighted by molar-refractivity contribution is 7.13. The van der Waals surface area contributed by atoms with Crippen LogP contribution >= 0.6 is 11.3 Å². The number of rotatable bonds is 2. The summed E-state index contributed by atoms with van der Waals surface area (Å²) in [6.07, 6.45) is 0. The molecule has 0 fully saturated rings. The summed E-state index contributed by atoms with van der Waals surface area (Å²) in [5.41, 5.74) is 8.09. The number of aromatic nitrogens is 1. The van der Waals surface area contributed by atoms with Crippen molar-refractivity contribution in [2.24, 2.45) is 0 Å². The number of nitrogen functional groups attached to an aromatic ring is 1. The molecule has 0 aliphatic rings. The van der Waals surface area contributed by atoms with E-state index in [0.717, 1.165) is 23.8 Å². The van der Waals surface area contributed by atoms with Gasteiger partial charge in [-0.1, -0.05) is 18.2 Å². The zero-order valence-electron chi connectivity index (χ0n) is 10.3. The number of benzene rings is 2. The van der Waals surface area contributed by atoms with Crippen LogP contribution in [0, 0.1) is 11.6 Å². The minimum absolute atomic E-state index is 0.163. The minimum atomic E-state index is -0.492. The van der Waals surface area contributed by atoms with Gasteiger partial charge in [0.15, 0.2) is 0 Å². The van der Waals surface area contributed by atoms with Crippen molar-refractivity contribution in [2.45, 2.75) is 0 Å². The van der Waals surface area contributed by atoms with Gasteiger partial charge in [-0.2, -0.15) is 0 Å². The van der Waals surface area contributed by atoms with Gasteiger partial charge in [0.2, 0.25) is 0 Å². The molecule has 0 aliphatic heterocycles. The lowest BCUT2D eigenvalue weighted by atomic mass is 10.1. The Hall–Kier alpha value is -2.27. The van der Waals surface area contributed by atoms with Crippen LogP contribution in [0.3, 0.4) is 0 Å². The van der Waals surface area contributed by atoms with E-state index in [9.17, 15) is 8.78 Å². The summed E-state index contributed by atoms with van der Waals surface area (Å²) in [6.45, 7) is 0. The van der Waals surface area contributed by atoms with Crippen LogP contribution in [0.4, 0.5) is 14.5 Å². The van der Waals surface area contributed by atoms with E-state index in [4.69, 9.17) is 5.73 Å². The van der Waals surface area contributed by atoms with Crippen molar-refractivity contribution in [3.63, 3.8) is 0 Å². The van der Waals surface area contributed by atoms with Gasteiger partial charge in [0.25, 0.3) is 0 Å². The Bertz CT molecular complexity index is 768. The number of nitrogens with zero attached hydrogens (tertiary/aromatic N) is 1. The molecule has 5 heteroatoms.